The Labute approximate surface area is 131 Å². The summed E-state index contributed by atoms with van der Waals surface area (Å²) in [6.07, 6.45) is 1.14. The summed E-state index contributed by atoms with van der Waals surface area (Å²) in [5.41, 5.74) is -0.238. The van der Waals surface area contributed by atoms with Crippen LogP contribution in [0.15, 0.2) is 60.7 Å². The number of hydrogen-bond donors (Lipinski definition) is 1. The maximum Gasteiger partial charge on any atom is 0.417 e. The maximum absolute atomic E-state index is 13.1. The van der Waals surface area contributed by atoms with Gasteiger partial charge in [-0.25, -0.2) is 0 Å². The van der Waals surface area contributed by atoms with Crippen LogP contribution in [0.25, 0.3) is 5.57 Å². The second-order valence-corrected chi connectivity index (χ2v) is 4.64. The van der Waals surface area contributed by atoms with Crippen molar-refractivity contribution in [2.45, 2.75) is 6.18 Å². The van der Waals surface area contributed by atoms with Crippen molar-refractivity contribution in [3.05, 3.63) is 71.8 Å². The fourth-order valence-electron chi connectivity index (χ4n) is 1.94. The van der Waals surface area contributed by atoms with Gasteiger partial charge in [0, 0.05) is 17.3 Å². The van der Waals surface area contributed by atoms with E-state index in [-0.39, 0.29) is 5.56 Å². The number of amides is 1. The van der Waals surface area contributed by atoms with E-state index in [0.717, 1.165) is 0 Å². The Morgan fingerprint density at radius 1 is 1.09 bits per heavy atom. The third-order valence-electron chi connectivity index (χ3n) is 2.96. The summed E-state index contributed by atoms with van der Waals surface area (Å²) < 4.78 is 39.4. The van der Waals surface area contributed by atoms with Gasteiger partial charge in [-0.15, -0.1) is 6.42 Å². The quantitative estimate of drug-likeness (QED) is 0.666. The zero-order valence-corrected chi connectivity index (χ0v) is 11.9. The average molecular weight is 315 g/mol. The molecule has 0 aromatic heterocycles. The minimum absolute atomic E-state index is 0.0764. The Hall–Kier alpha value is -3.00. The lowest BCUT2D eigenvalue weighted by Crippen LogP contribution is -2.16. The fraction of sp³-hybridized carbons (Fsp3) is 0.0556. The first kappa shape index (κ1) is 16.4. The molecule has 0 radical (unpaired) electrons. The van der Waals surface area contributed by atoms with Gasteiger partial charge < -0.3 is 5.32 Å². The van der Waals surface area contributed by atoms with Gasteiger partial charge in [-0.3, -0.25) is 4.79 Å². The van der Waals surface area contributed by atoms with Gasteiger partial charge >= 0.3 is 6.18 Å². The normalized spacial score (nSPS) is 11.7. The summed E-state index contributed by atoms with van der Waals surface area (Å²) in [6.45, 7) is 0. The van der Waals surface area contributed by atoms with Crippen LogP contribution in [-0.2, 0) is 4.79 Å². The van der Waals surface area contributed by atoms with Gasteiger partial charge in [0.25, 0.3) is 0 Å². The highest BCUT2D eigenvalue weighted by Crippen LogP contribution is 2.33. The number of nitrogens with one attached hydrogen (secondary N) is 1. The lowest BCUT2D eigenvalue weighted by Gasteiger charge is -2.12. The molecular formula is C18H12F3NO. The molecule has 1 amide bonds. The van der Waals surface area contributed by atoms with Crippen molar-refractivity contribution in [3.8, 4) is 12.3 Å². The molecule has 1 N–H and O–H groups in total. The molecule has 0 atom stereocenters. The Balaban J connectivity index is 2.29. The first-order chi connectivity index (χ1) is 10.9. The van der Waals surface area contributed by atoms with Gasteiger partial charge in [-0.2, -0.15) is 13.2 Å². The van der Waals surface area contributed by atoms with E-state index in [1.807, 2.05) is 0 Å². The summed E-state index contributed by atoms with van der Waals surface area (Å²) in [6, 6.07) is 13.4. The molecule has 0 unspecified atom stereocenters. The van der Waals surface area contributed by atoms with E-state index in [1.165, 1.54) is 30.3 Å². The van der Waals surface area contributed by atoms with Crippen molar-refractivity contribution in [2.24, 2.45) is 0 Å². The third-order valence-corrected chi connectivity index (χ3v) is 2.96. The van der Waals surface area contributed by atoms with Crippen molar-refractivity contribution in [3.63, 3.8) is 0 Å². The van der Waals surface area contributed by atoms with E-state index in [0.29, 0.717) is 17.3 Å². The molecule has 116 valence electrons. The predicted molar refractivity (Wildman–Crippen MR) is 83.5 cm³/mol. The number of alkyl halides is 3. The van der Waals surface area contributed by atoms with Gasteiger partial charge in [0.2, 0.25) is 5.91 Å². The molecule has 0 aliphatic heterocycles. The molecule has 5 heteroatoms. The zero-order chi connectivity index (χ0) is 16.9. The van der Waals surface area contributed by atoms with Crippen LogP contribution in [0.4, 0.5) is 18.9 Å². The number of allylic oxidation sites excluding steroid dienone is 1. The molecule has 0 saturated heterocycles. The fourth-order valence-corrected chi connectivity index (χ4v) is 1.94. The molecule has 2 nitrogen and oxygen atoms in total. The number of hydrogen-bond acceptors (Lipinski definition) is 1. The molecular weight excluding hydrogens is 303 g/mol. The van der Waals surface area contributed by atoms with Gasteiger partial charge in [0.05, 0.1) is 5.57 Å². The minimum Gasteiger partial charge on any atom is -0.322 e. The SMILES string of the molecule is C#Cc1cccc(NC(=O)/C=C(\c2ccccc2)C(F)(F)F)c1. The highest BCUT2D eigenvalue weighted by molar-refractivity contribution is 6.04. The molecule has 0 saturated carbocycles. The summed E-state index contributed by atoms with van der Waals surface area (Å²) in [4.78, 5) is 11.9. The van der Waals surface area contributed by atoms with E-state index in [4.69, 9.17) is 6.42 Å². The summed E-state index contributed by atoms with van der Waals surface area (Å²) in [5, 5.41) is 2.38. The lowest BCUT2D eigenvalue weighted by atomic mass is 10.1. The smallest absolute Gasteiger partial charge is 0.322 e. The van der Waals surface area contributed by atoms with Crippen LogP contribution in [-0.4, -0.2) is 12.1 Å². The topological polar surface area (TPSA) is 29.1 Å². The molecule has 0 spiro atoms. The van der Waals surface area contributed by atoms with Crippen LogP contribution in [0.2, 0.25) is 0 Å². The average Bonchev–Trinajstić information content (AvgIpc) is 2.52. The highest BCUT2D eigenvalue weighted by atomic mass is 19.4. The first-order valence-electron chi connectivity index (χ1n) is 6.62. The third kappa shape index (κ3) is 4.48. The Morgan fingerprint density at radius 3 is 2.39 bits per heavy atom. The molecule has 0 aliphatic rings. The molecule has 0 heterocycles. The van der Waals surface area contributed by atoms with E-state index in [1.54, 1.807) is 24.3 Å². The number of benzene rings is 2. The summed E-state index contributed by atoms with van der Waals surface area (Å²) >= 11 is 0. The number of carbonyl (C=O) groups excluding carboxylic acids is 1. The highest BCUT2D eigenvalue weighted by Gasteiger charge is 2.35. The molecule has 0 fully saturated rings. The maximum atomic E-state index is 13.1. The molecule has 2 aromatic carbocycles. The summed E-state index contributed by atoms with van der Waals surface area (Å²) in [7, 11) is 0. The Morgan fingerprint density at radius 2 is 1.78 bits per heavy atom. The predicted octanol–water partition coefficient (Wildman–Crippen LogP) is 4.25. The van der Waals surface area contributed by atoms with Crippen molar-refractivity contribution in [1.29, 1.82) is 0 Å². The van der Waals surface area contributed by atoms with Crippen LogP contribution >= 0.6 is 0 Å². The Bertz CT molecular complexity index is 771. The van der Waals surface area contributed by atoms with Gasteiger partial charge in [0.1, 0.15) is 0 Å². The van der Waals surface area contributed by atoms with Crippen molar-refractivity contribution in [2.75, 3.05) is 5.32 Å². The van der Waals surface area contributed by atoms with Crippen molar-refractivity contribution >= 4 is 17.2 Å². The molecule has 0 aliphatic carbocycles. The zero-order valence-electron chi connectivity index (χ0n) is 11.9. The van der Waals surface area contributed by atoms with Crippen LogP contribution in [0, 0.1) is 12.3 Å². The number of anilines is 1. The van der Waals surface area contributed by atoms with E-state index in [9.17, 15) is 18.0 Å². The largest absolute Gasteiger partial charge is 0.417 e. The number of halogens is 3. The van der Waals surface area contributed by atoms with E-state index < -0.39 is 17.7 Å². The van der Waals surface area contributed by atoms with E-state index in [2.05, 4.69) is 11.2 Å². The molecule has 2 rings (SSSR count). The molecule has 0 bridgehead atoms. The number of terminal acetylenes is 1. The monoisotopic (exact) mass is 315 g/mol. The van der Waals surface area contributed by atoms with E-state index >= 15 is 0 Å². The Kier molecular flexibility index (Phi) is 4.87. The second-order valence-electron chi connectivity index (χ2n) is 4.64. The number of rotatable bonds is 3. The van der Waals surface area contributed by atoms with Gasteiger partial charge in [-0.1, -0.05) is 42.3 Å². The minimum atomic E-state index is -4.64. The van der Waals surface area contributed by atoms with Crippen molar-refractivity contribution in [1.82, 2.24) is 0 Å². The molecule has 23 heavy (non-hydrogen) atoms. The molecule has 2 aromatic rings. The number of carbonyl (C=O) groups is 1. The second kappa shape index (κ2) is 6.84. The van der Waals surface area contributed by atoms with Crippen LogP contribution < -0.4 is 5.32 Å². The lowest BCUT2D eigenvalue weighted by molar-refractivity contribution is -0.112. The van der Waals surface area contributed by atoms with Crippen molar-refractivity contribution < 1.29 is 18.0 Å². The first-order valence-corrected chi connectivity index (χ1v) is 6.62. The van der Waals surface area contributed by atoms with Gasteiger partial charge in [-0.05, 0) is 23.8 Å². The standard InChI is InChI=1S/C18H12F3NO/c1-2-13-7-6-10-15(11-13)22-17(23)12-16(18(19,20)21)14-8-4-3-5-9-14/h1,3-12H,(H,22,23)/b16-12+. The van der Waals surface area contributed by atoms with Gasteiger partial charge in [0.15, 0.2) is 0 Å². The van der Waals surface area contributed by atoms with Crippen LogP contribution in [0.3, 0.4) is 0 Å². The summed E-state index contributed by atoms with van der Waals surface area (Å²) in [5.74, 6) is 1.51. The van der Waals surface area contributed by atoms with Crippen LogP contribution in [0.5, 0.6) is 0 Å². The van der Waals surface area contributed by atoms with Crippen LogP contribution in [0.1, 0.15) is 11.1 Å².